The molecule has 3 aliphatic heterocycles. The van der Waals surface area contributed by atoms with Crippen molar-refractivity contribution in [1.82, 2.24) is 15.3 Å². The summed E-state index contributed by atoms with van der Waals surface area (Å²) in [5.74, 6) is -6.25. The molecule has 2 aromatic rings. The van der Waals surface area contributed by atoms with E-state index in [1.807, 2.05) is 27.7 Å². The molecule has 0 radical (unpaired) electrons. The number of hydrogen-bond acceptors (Lipinski definition) is 15. The fourth-order valence-electron chi connectivity index (χ4n) is 9.53. The second-order valence-electron chi connectivity index (χ2n) is 19.3. The zero-order valence-corrected chi connectivity index (χ0v) is 37.5. The van der Waals surface area contributed by atoms with E-state index in [2.05, 4.69) is 15.3 Å². The van der Waals surface area contributed by atoms with Crippen LogP contribution >= 0.6 is 0 Å². The van der Waals surface area contributed by atoms with Crippen LogP contribution in [0.25, 0.3) is 11.0 Å². The average Bonchev–Trinajstić information content (AvgIpc) is 3.19. The molecule has 1 amide bonds. The lowest BCUT2D eigenvalue weighted by molar-refractivity contribution is -0.312. The lowest BCUT2D eigenvalue weighted by atomic mass is 9.74. The molecule has 4 heterocycles. The maximum atomic E-state index is 14.6. The molecule has 1 aromatic carbocycles. The maximum absolute atomic E-state index is 14.6. The number of fused-ring (bicyclic) bond motifs is 1. The number of amides is 1. The van der Waals surface area contributed by atoms with Gasteiger partial charge in [-0.1, -0.05) is 53.7 Å². The number of aromatic nitrogens is 2. The summed E-state index contributed by atoms with van der Waals surface area (Å²) in [6.07, 6.45) is -8.73. The molecule has 0 aliphatic carbocycles. The molecular weight excluding hydrogens is 791 g/mol. The molecule has 61 heavy (non-hydrogen) atoms. The van der Waals surface area contributed by atoms with Gasteiger partial charge < -0.3 is 54.5 Å². The van der Waals surface area contributed by atoms with E-state index in [9.17, 15) is 39.9 Å². The summed E-state index contributed by atoms with van der Waals surface area (Å²) in [6, 6.07) is 7.07. The number of hydrogen-bond donors (Lipinski definition) is 6. The molecule has 5 rings (SSSR count). The SMILES string of the molecule is CC1CC(C)C(O)C(O[C@@H]2[C@@H](C)[C@H](OC3CC(C)(C)C(O)C(C)O3)[C@@H](C)C(=O)O[C@H](CCNC(=O)c3cnc4ccccc4n3)[C@@](C)(O)[C@H](O)[C@@H](C)C(=O)[C@H](C)C[C@@]2(C)O)O1. The van der Waals surface area contributed by atoms with E-state index >= 15 is 0 Å². The largest absolute Gasteiger partial charge is 0.459 e. The summed E-state index contributed by atoms with van der Waals surface area (Å²) >= 11 is 0. The Morgan fingerprint density at radius 2 is 1.54 bits per heavy atom. The van der Waals surface area contributed by atoms with Gasteiger partial charge in [-0.2, -0.15) is 0 Å². The van der Waals surface area contributed by atoms with Crippen LogP contribution in [0.15, 0.2) is 30.5 Å². The van der Waals surface area contributed by atoms with Gasteiger partial charge in [0.25, 0.3) is 5.91 Å². The van der Waals surface area contributed by atoms with Crippen molar-refractivity contribution in [2.45, 2.75) is 174 Å². The van der Waals surface area contributed by atoms with Gasteiger partial charge in [-0.25, -0.2) is 4.98 Å². The number of rotatable bonds is 8. The summed E-state index contributed by atoms with van der Waals surface area (Å²) in [4.78, 5) is 50.6. The Morgan fingerprint density at radius 1 is 0.885 bits per heavy atom. The second kappa shape index (κ2) is 19.3. The Kier molecular flexibility index (Phi) is 15.4. The summed E-state index contributed by atoms with van der Waals surface area (Å²) in [6.45, 7) is 18.2. The van der Waals surface area contributed by atoms with Gasteiger partial charge in [0.1, 0.15) is 29.3 Å². The Morgan fingerprint density at radius 3 is 2.20 bits per heavy atom. The first-order chi connectivity index (χ1) is 28.3. The van der Waals surface area contributed by atoms with Crippen LogP contribution in [0.2, 0.25) is 0 Å². The minimum Gasteiger partial charge on any atom is -0.459 e. The monoisotopic (exact) mass is 859 g/mol. The van der Waals surface area contributed by atoms with Gasteiger partial charge in [0.2, 0.25) is 0 Å². The molecule has 6 N–H and O–H groups in total. The third-order valence-electron chi connectivity index (χ3n) is 13.3. The predicted molar refractivity (Wildman–Crippen MR) is 223 cm³/mol. The fourth-order valence-corrected chi connectivity index (χ4v) is 9.53. The van der Waals surface area contributed by atoms with E-state index in [0.717, 1.165) is 0 Å². The summed E-state index contributed by atoms with van der Waals surface area (Å²) in [7, 11) is 0. The molecule has 3 saturated heterocycles. The highest BCUT2D eigenvalue weighted by Crippen LogP contribution is 2.42. The van der Waals surface area contributed by atoms with E-state index in [4.69, 9.17) is 23.7 Å². The third-order valence-corrected chi connectivity index (χ3v) is 13.3. The molecule has 3 fully saturated rings. The Labute approximate surface area is 359 Å². The highest BCUT2D eigenvalue weighted by atomic mass is 16.7. The van der Waals surface area contributed by atoms with E-state index < -0.39 is 113 Å². The van der Waals surface area contributed by atoms with Gasteiger partial charge in [0, 0.05) is 37.1 Å². The van der Waals surface area contributed by atoms with Gasteiger partial charge in [-0.15, -0.1) is 0 Å². The molecule has 7 unspecified atom stereocenters. The standard InChI is InChI=1S/C45H69N3O13/c1-22-18-24(3)57-42(35(22)50)61-39-26(5)36(60-33-20-43(8,9)38(52)28(7)58-33)27(6)41(54)59-32(45(11,56)37(51)25(4)34(49)23(2)19-44(39,10)55)16-17-46-40(53)31-21-47-29-14-12-13-15-30(29)48-31/h12-15,21-28,32-33,35-39,42,50-52,55-56H,16-20H2,1-11H3,(H,46,53)/t22?,23-,24?,25+,26+,27-,28?,32-,33?,35?,36+,37-,38?,39-,42?,44-,45-/m1/s1. The number of Topliss-reactive ketones (excluding diaryl/α,β-unsaturated/α-hetero) is 1. The van der Waals surface area contributed by atoms with Crippen LogP contribution in [0.5, 0.6) is 0 Å². The van der Waals surface area contributed by atoms with Gasteiger partial charge >= 0.3 is 5.97 Å². The highest BCUT2D eigenvalue weighted by Gasteiger charge is 2.53. The molecule has 0 saturated carbocycles. The van der Waals surface area contributed by atoms with Crippen LogP contribution < -0.4 is 5.32 Å². The number of ether oxygens (including phenoxy) is 5. The quantitative estimate of drug-likeness (QED) is 0.209. The van der Waals surface area contributed by atoms with Crippen LogP contribution in [0, 0.1) is 35.0 Å². The third kappa shape index (κ3) is 11.0. The van der Waals surface area contributed by atoms with Crippen molar-refractivity contribution in [1.29, 1.82) is 0 Å². The lowest BCUT2D eigenvalue weighted by Gasteiger charge is -2.48. The Balaban J connectivity index is 1.52. The number of nitrogens with one attached hydrogen (secondary N) is 1. The van der Waals surface area contributed by atoms with Crippen LogP contribution in [-0.4, -0.2) is 132 Å². The number of carbonyl (C=O) groups excluding carboxylic acids is 3. The molecule has 342 valence electrons. The Hall–Kier alpha value is -3.19. The van der Waals surface area contributed by atoms with Crippen molar-refractivity contribution >= 4 is 28.7 Å². The topological polar surface area (TPSA) is 236 Å². The zero-order valence-electron chi connectivity index (χ0n) is 37.5. The number of aliphatic hydroxyl groups excluding tert-OH is 3. The molecule has 1 aromatic heterocycles. The van der Waals surface area contributed by atoms with Crippen molar-refractivity contribution in [3.8, 4) is 0 Å². The number of benzene rings is 1. The van der Waals surface area contributed by atoms with Crippen molar-refractivity contribution in [2.24, 2.45) is 35.0 Å². The number of nitrogens with zero attached hydrogens (tertiary/aromatic N) is 2. The molecule has 0 bridgehead atoms. The first-order valence-corrected chi connectivity index (χ1v) is 21.7. The zero-order chi connectivity index (χ0) is 45.4. The molecule has 16 heteroatoms. The highest BCUT2D eigenvalue weighted by molar-refractivity contribution is 5.93. The van der Waals surface area contributed by atoms with Gasteiger partial charge in [-0.05, 0) is 70.9 Å². The van der Waals surface area contributed by atoms with Crippen LogP contribution in [-0.2, 0) is 33.3 Å². The first kappa shape index (κ1) is 48.8. The number of aliphatic hydroxyl groups is 5. The van der Waals surface area contributed by atoms with Gasteiger partial charge in [0.15, 0.2) is 12.6 Å². The number of esters is 1. The van der Waals surface area contributed by atoms with Crippen molar-refractivity contribution in [3.63, 3.8) is 0 Å². The van der Waals surface area contributed by atoms with E-state index in [1.54, 1.807) is 52.0 Å². The van der Waals surface area contributed by atoms with Crippen LogP contribution in [0.3, 0.4) is 0 Å². The molecule has 3 aliphatic rings. The molecular formula is C45H69N3O13. The number of para-hydroxylation sites is 2. The van der Waals surface area contributed by atoms with E-state index in [0.29, 0.717) is 17.5 Å². The van der Waals surface area contributed by atoms with E-state index in [1.165, 1.54) is 27.0 Å². The number of ketones is 1. The lowest BCUT2D eigenvalue weighted by Crippen LogP contribution is -2.59. The minimum absolute atomic E-state index is 0.0435. The molecule has 17 atom stereocenters. The molecule has 16 nitrogen and oxygen atoms in total. The molecule has 0 spiro atoms. The number of carbonyl (C=O) groups is 3. The van der Waals surface area contributed by atoms with Crippen molar-refractivity contribution in [3.05, 3.63) is 36.2 Å². The van der Waals surface area contributed by atoms with Gasteiger partial charge in [-0.3, -0.25) is 19.4 Å². The average molecular weight is 860 g/mol. The Bertz CT molecular complexity index is 1840. The summed E-state index contributed by atoms with van der Waals surface area (Å²) in [5.41, 5.74) is -3.53. The summed E-state index contributed by atoms with van der Waals surface area (Å²) in [5, 5.41) is 61.2. The van der Waals surface area contributed by atoms with Crippen molar-refractivity contribution in [2.75, 3.05) is 6.54 Å². The fraction of sp³-hybridized carbons (Fsp3) is 0.756. The second-order valence-corrected chi connectivity index (χ2v) is 19.3. The van der Waals surface area contributed by atoms with Crippen LogP contribution in [0.1, 0.15) is 112 Å². The predicted octanol–water partition coefficient (Wildman–Crippen LogP) is 3.47. The summed E-state index contributed by atoms with van der Waals surface area (Å²) < 4.78 is 31.7. The van der Waals surface area contributed by atoms with Crippen molar-refractivity contribution < 1.29 is 63.6 Å². The first-order valence-electron chi connectivity index (χ1n) is 21.7. The van der Waals surface area contributed by atoms with E-state index in [-0.39, 0.29) is 43.5 Å². The maximum Gasteiger partial charge on any atom is 0.311 e. The minimum atomic E-state index is -2.22. The van der Waals surface area contributed by atoms with Crippen LogP contribution in [0.4, 0.5) is 0 Å². The number of cyclic esters (lactones) is 1. The smallest absolute Gasteiger partial charge is 0.311 e. The normalized spacial score (nSPS) is 41.7. The van der Waals surface area contributed by atoms with Gasteiger partial charge in [0.05, 0.1) is 65.4 Å².